The molecule has 2 fully saturated rings. The normalized spacial score (nSPS) is 23.0. The van der Waals surface area contributed by atoms with Crippen LogP contribution in [0.5, 0.6) is 0 Å². The summed E-state index contributed by atoms with van der Waals surface area (Å²) in [5, 5.41) is 3.66. The maximum atomic E-state index is 5.60. The predicted octanol–water partition coefficient (Wildman–Crippen LogP) is 1.81. The lowest BCUT2D eigenvalue weighted by molar-refractivity contribution is -0.00125. The maximum Gasteiger partial charge on any atom is 0.0472 e. The van der Waals surface area contributed by atoms with Crippen LogP contribution in [-0.2, 0) is 4.74 Å². The molecule has 0 atom stereocenters. The Hall–Kier alpha value is -0.160. The van der Waals surface area contributed by atoms with E-state index in [1.807, 2.05) is 0 Å². The number of hydrogen-bond acceptors (Lipinski definition) is 4. The number of nitrogens with zero attached hydrogens (tertiary/aromatic N) is 2. The molecule has 2 saturated heterocycles. The average molecular weight is 297 g/mol. The second-order valence-corrected chi connectivity index (χ2v) is 7.08. The summed E-state index contributed by atoms with van der Waals surface area (Å²) < 4.78 is 5.60. The Morgan fingerprint density at radius 3 is 2.57 bits per heavy atom. The molecule has 0 bridgehead atoms. The van der Waals surface area contributed by atoms with E-state index in [0.717, 1.165) is 26.3 Å². The fraction of sp³-hybridized carbons (Fsp3) is 1.00. The van der Waals surface area contributed by atoms with E-state index in [1.165, 1.54) is 64.8 Å². The van der Waals surface area contributed by atoms with E-state index in [4.69, 9.17) is 4.74 Å². The highest BCUT2D eigenvalue weighted by molar-refractivity contribution is 4.87. The molecule has 0 unspecified atom stereocenters. The molecule has 0 spiro atoms. The zero-order valence-corrected chi connectivity index (χ0v) is 14.2. The average Bonchev–Trinajstić information content (AvgIpc) is 3.00. The van der Waals surface area contributed by atoms with Crippen LogP contribution in [0.3, 0.4) is 0 Å². The number of likely N-dealkylation sites (tertiary alicyclic amines) is 1. The Kier molecular flexibility index (Phi) is 7.44. The molecule has 1 N–H and O–H groups in total. The van der Waals surface area contributed by atoms with Crippen molar-refractivity contribution < 1.29 is 4.74 Å². The lowest BCUT2D eigenvalue weighted by Gasteiger charge is -2.40. The first-order valence-corrected chi connectivity index (χ1v) is 8.93. The van der Waals surface area contributed by atoms with Gasteiger partial charge in [0, 0.05) is 39.4 Å². The molecule has 2 aliphatic rings. The second kappa shape index (κ2) is 9.09. The van der Waals surface area contributed by atoms with Crippen molar-refractivity contribution in [1.82, 2.24) is 15.1 Å². The van der Waals surface area contributed by atoms with Crippen LogP contribution in [-0.4, -0.2) is 75.9 Å². The smallest absolute Gasteiger partial charge is 0.0472 e. The van der Waals surface area contributed by atoms with Crippen LogP contribution in [0.15, 0.2) is 0 Å². The predicted molar refractivity (Wildman–Crippen MR) is 88.8 cm³/mol. The lowest BCUT2D eigenvalue weighted by Crippen LogP contribution is -2.47. The molecule has 0 aromatic carbocycles. The van der Waals surface area contributed by atoms with E-state index in [0.29, 0.717) is 5.41 Å². The van der Waals surface area contributed by atoms with Gasteiger partial charge in [0.25, 0.3) is 0 Å². The highest BCUT2D eigenvalue weighted by Gasteiger charge is 2.33. The van der Waals surface area contributed by atoms with E-state index in [2.05, 4.69) is 29.1 Å². The summed E-state index contributed by atoms with van der Waals surface area (Å²) in [6.45, 7) is 12.7. The van der Waals surface area contributed by atoms with Crippen molar-refractivity contribution >= 4 is 0 Å². The fourth-order valence-electron chi connectivity index (χ4n) is 3.70. The third kappa shape index (κ3) is 5.85. The third-order valence-electron chi connectivity index (χ3n) is 5.08. The summed E-state index contributed by atoms with van der Waals surface area (Å²) >= 11 is 0. The van der Waals surface area contributed by atoms with Gasteiger partial charge in [0.2, 0.25) is 0 Å². The van der Waals surface area contributed by atoms with Gasteiger partial charge in [-0.3, -0.25) is 0 Å². The molecule has 2 aliphatic heterocycles. The highest BCUT2D eigenvalue weighted by Crippen LogP contribution is 2.30. The summed E-state index contributed by atoms with van der Waals surface area (Å²) in [5.74, 6) is 0. The van der Waals surface area contributed by atoms with E-state index < -0.39 is 0 Å². The van der Waals surface area contributed by atoms with Crippen molar-refractivity contribution in [1.29, 1.82) is 0 Å². The summed E-state index contributed by atoms with van der Waals surface area (Å²) in [6, 6.07) is 0. The van der Waals surface area contributed by atoms with Crippen molar-refractivity contribution in [2.45, 2.75) is 39.0 Å². The molecule has 0 aliphatic carbocycles. The molecule has 0 radical (unpaired) electrons. The van der Waals surface area contributed by atoms with E-state index in [-0.39, 0.29) is 0 Å². The van der Waals surface area contributed by atoms with Crippen LogP contribution >= 0.6 is 0 Å². The molecular formula is C17H35N3O. The highest BCUT2D eigenvalue weighted by atomic mass is 16.5. The lowest BCUT2D eigenvalue weighted by atomic mass is 9.79. The van der Waals surface area contributed by atoms with Crippen LogP contribution in [0.4, 0.5) is 0 Å². The summed E-state index contributed by atoms with van der Waals surface area (Å²) in [5.41, 5.74) is 0.424. The molecule has 0 amide bonds. The Morgan fingerprint density at radius 2 is 1.90 bits per heavy atom. The standard InChI is InChI=1S/C17H35N3O/c1-3-8-18-15-17(6-13-21-14-7-17)16-19(2)11-12-20-9-4-5-10-20/h18H,3-16H2,1-2H3. The minimum absolute atomic E-state index is 0.424. The molecule has 2 rings (SSSR count). The van der Waals surface area contributed by atoms with Gasteiger partial charge in [-0.25, -0.2) is 0 Å². The molecule has 4 heteroatoms. The molecule has 21 heavy (non-hydrogen) atoms. The van der Waals surface area contributed by atoms with Crippen LogP contribution < -0.4 is 5.32 Å². The quantitative estimate of drug-likeness (QED) is 0.657. The third-order valence-corrected chi connectivity index (χ3v) is 5.08. The van der Waals surface area contributed by atoms with Crippen LogP contribution in [0.1, 0.15) is 39.0 Å². The largest absolute Gasteiger partial charge is 0.381 e. The first-order chi connectivity index (χ1) is 10.2. The summed E-state index contributed by atoms with van der Waals surface area (Å²) in [6.07, 6.45) is 6.42. The van der Waals surface area contributed by atoms with Gasteiger partial charge in [-0.05, 0) is 64.2 Å². The first kappa shape index (κ1) is 17.2. The van der Waals surface area contributed by atoms with E-state index >= 15 is 0 Å². The minimum atomic E-state index is 0.424. The molecular weight excluding hydrogens is 262 g/mol. The number of likely N-dealkylation sites (N-methyl/N-ethyl adjacent to an activating group) is 1. The number of ether oxygens (including phenoxy) is 1. The molecule has 4 nitrogen and oxygen atoms in total. The Balaban J connectivity index is 1.75. The van der Waals surface area contributed by atoms with Gasteiger partial charge in [0.1, 0.15) is 0 Å². The van der Waals surface area contributed by atoms with Gasteiger partial charge >= 0.3 is 0 Å². The molecule has 124 valence electrons. The number of rotatable bonds is 9. The first-order valence-electron chi connectivity index (χ1n) is 8.93. The SMILES string of the molecule is CCCNCC1(CN(C)CCN2CCCC2)CCOCC1. The maximum absolute atomic E-state index is 5.60. The van der Waals surface area contributed by atoms with E-state index in [1.54, 1.807) is 0 Å². The minimum Gasteiger partial charge on any atom is -0.381 e. The van der Waals surface area contributed by atoms with Crippen LogP contribution in [0, 0.1) is 5.41 Å². The molecule has 0 aromatic rings. The van der Waals surface area contributed by atoms with Crippen molar-refractivity contribution in [3.8, 4) is 0 Å². The Labute approximate surface area is 131 Å². The topological polar surface area (TPSA) is 27.7 Å². The van der Waals surface area contributed by atoms with Gasteiger partial charge in [0.15, 0.2) is 0 Å². The van der Waals surface area contributed by atoms with E-state index in [9.17, 15) is 0 Å². The second-order valence-electron chi connectivity index (χ2n) is 7.08. The van der Waals surface area contributed by atoms with Gasteiger partial charge < -0.3 is 19.9 Å². The zero-order chi connectivity index (χ0) is 15.0. The van der Waals surface area contributed by atoms with Crippen molar-refractivity contribution in [2.24, 2.45) is 5.41 Å². The van der Waals surface area contributed by atoms with Crippen molar-refractivity contribution in [3.63, 3.8) is 0 Å². The molecule has 0 aromatic heterocycles. The van der Waals surface area contributed by atoms with Crippen molar-refractivity contribution in [3.05, 3.63) is 0 Å². The Bertz CT molecular complexity index is 273. The van der Waals surface area contributed by atoms with Crippen molar-refractivity contribution in [2.75, 3.05) is 66.1 Å². The van der Waals surface area contributed by atoms with Crippen LogP contribution in [0.2, 0.25) is 0 Å². The molecule has 2 heterocycles. The molecule has 0 saturated carbocycles. The van der Waals surface area contributed by atoms with Gasteiger partial charge in [0.05, 0.1) is 0 Å². The number of hydrogen-bond donors (Lipinski definition) is 1. The zero-order valence-electron chi connectivity index (χ0n) is 14.2. The van der Waals surface area contributed by atoms with Gasteiger partial charge in [-0.2, -0.15) is 0 Å². The fourth-order valence-corrected chi connectivity index (χ4v) is 3.70. The summed E-state index contributed by atoms with van der Waals surface area (Å²) in [4.78, 5) is 5.17. The number of nitrogens with one attached hydrogen (secondary N) is 1. The summed E-state index contributed by atoms with van der Waals surface area (Å²) in [7, 11) is 2.30. The van der Waals surface area contributed by atoms with Gasteiger partial charge in [-0.15, -0.1) is 0 Å². The van der Waals surface area contributed by atoms with Gasteiger partial charge in [-0.1, -0.05) is 6.92 Å². The monoisotopic (exact) mass is 297 g/mol. The van der Waals surface area contributed by atoms with Crippen LogP contribution in [0.25, 0.3) is 0 Å². The Morgan fingerprint density at radius 1 is 1.19 bits per heavy atom.